The van der Waals surface area contributed by atoms with Crippen molar-refractivity contribution in [3.63, 3.8) is 0 Å². The van der Waals surface area contributed by atoms with Crippen LogP contribution in [-0.4, -0.2) is 4.98 Å². The van der Waals surface area contributed by atoms with Crippen LogP contribution in [0, 0.1) is 18.8 Å². The van der Waals surface area contributed by atoms with E-state index in [0.717, 1.165) is 11.4 Å². The standard InChI is InChI=1S/C6H8N2O/c1-4-3-6(8-9)5(2)7-4/h3,7H,1-2H3. The van der Waals surface area contributed by atoms with Crippen LogP contribution in [0.1, 0.15) is 11.4 Å². The van der Waals surface area contributed by atoms with E-state index < -0.39 is 0 Å². The molecule has 0 unspecified atom stereocenters. The average molecular weight is 124 g/mol. The molecule has 0 saturated heterocycles. The number of aryl methyl sites for hydroxylation is 2. The normalized spacial score (nSPS) is 9.56. The summed E-state index contributed by atoms with van der Waals surface area (Å²) in [5.74, 6) is 0. The van der Waals surface area contributed by atoms with Gasteiger partial charge in [0.05, 0.1) is 0 Å². The van der Waals surface area contributed by atoms with E-state index in [2.05, 4.69) is 10.2 Å². The maximum atomic E-state index is 9.97. The fourth-order valence-electron chi connectivity index (χ4n) is 0.804. The van der Waals surface area contributed by atoms with Crippen LogP contribution in [0.2, 0.25) is 0 Å². The van der Waals surface area contributed by atoms with Gasteiger partial charge >= 0.3 is 0 Å². The largest absolute Gasteiger partial charge is 0.361 e. The Morgan fingerprint density at radius 1 is 1.56 bits per heavy atom. The molecule has 0 saturated carbocycles. The summed E-state index contributed by atoms with van der Waals surface area (Å²) < 4.78 is 0. The van der Waals surface area contributed by atoms with Gasteiger partial charge in [-0.05, 0) is 25.1 Å². The summed E-state index contributed by atoms with van der Waals surface area (Å²) in [5.41, 5.74) is 2.32. The van der Waals surface area contributed by atoms with Crippen molar-refractivity contribution >= 4 is 5.69 Å². The summed E-state index contributed by atoms with van der Waals surface area (Å²) in [6.07, 6.45) is 0. The Hall–Kier alpha value is -1.12. The molecule has 1 heterocycles. The van der Waals surface area contributed by atoms with Crippen molar-refractivity contribution in [1.29, 1.82) is 0 Å². The van der Waals surface area contributed by atoms with Crippen molar-refractivity contribution in [3.05, 3.63) is 22.4 Å². The monoisotopic (exact) mass is 124 g/mol. The van der Waals surface area contributed by atoms with Gasteiger partial charge in [0.2, 0.25) is 0 Å². The molecule has 0 fully saturated rings. The fourth-order valence-corrected chi connectivity index (χ4v) is 0.804. The second-order valence-corrected chi connectivity index (χ2v) is 2.05. The summed E-state index contributed by atoms with van der Waals surface area (Å²) in [7, 11) is 0. The lowest BCUT2D eigenvalue weighted by Crippen LogP contribution is -1.68. The van der Waals surface area contributed by atoms with E-state index in [1.807, 2.05) is 13.8 Å². The van der Waals surface area contributed by atoms with Gasteiger partial charge in [0, 0.05) is 11.4 Å². The molecule has 0 radical (unpaired) electrons. The van der Waals surface area contributed by atoms with Crippen LogP contribution in [-0.2, 0) is 0 Å². The minimum atomic E-state index is 0.507. The van der Waals surface area contributed by atoms with Crippen LogP contribution in [0.15, 0.2) is 11.2 Å². The summed E-state index contributed by atoms with van der Waals surface area (Å²) in [4.78, 5) is 12.9. The first-order valence-corrected chi connectivity index (χ1v) is 2.73. The predicted octanol–water partition coefficient (Wildman–Crippen LogP) is 2.03. The van der Waals surface area contributed by atoms with Crippen LogP contribution >= 0.6 is 0 Å². The Labute approximate surface area is 53.1 Å². The van der Waals surface area contributed by atoms with E-state index >= 15 is 0 Å². The van der Waals surface area contributed by atoms with E-state index in [1.54, 1.807) is 6.07 Å². The van der Waals surface area contributed by atoms with Crippen LogP contribution in [0.3, 0.4) is 0 Å². The highest BCUT2D eigenvalue weighted by Gasteiger charge is 1.98. The molecule has 1 rings (SSSR count). The van der Waals surface area contributed by atoms with Gasteiger partial charge in [-0.2, -0.15) is 0 Å². The third-order valence-electron chi connectivity index (χ3n) is 1.22. The van der Waals surface area contributed by atoms with Gasteiger partial charge in [-0.1, -0.05) is 0 Å². The van der Waals surface area contributed by atoms with E-state index in [9.17, 15) is 4.91 Å². The lowest BCUT2D eigenvalue weighted by molar-refractivity contribution is 1.18. The highest BCUT2D eigenvalue weighted by molar-refractivity contribution is 5.43. The Morgan fingerprint density at radius 3 is 2.44 bits per heavy atom. The maximum Gasteiger partial charge on any atom is 0.128 e. The van der Waals surface area contributed by atoms with Gasteiger partial charge in [-0.15, -0.1) is 4.91 Å². The zero-order valence-electron chi connectivity index (χ0n) is 5.43. The van der Waals surface area contributed by atoms with Gasteiger partial charge in [0.1, 0.15) is 5.69 Å². The number of aromatic nitrogens is 1. The van der Waals surface area contributed by atoms with Gasteiger partial charge in [-0.25, -0.2) is 0 Å². The van der Waals surface area contributed by atoms with Gasteiger partial charge in [0.25, 0.3) is 0 Å². The summed E-state index contributed by atoms with van der Waals surface area (Å²) in [6.45, 7) is 3.71. The molecule has 0 aliphatic heterocycles. The highest BCUT2D eigenvalue weighted by Crippen LogP contribution is 2.17. The van der Waals surface area contributed by atoms with Crippen LogP contribution < -0.4 is 0 Å². The molecule has 9 heavy (non-hydrogen) atoms. The average Bonchev–Trinajstić information content (AvgIpc) is 2.10. The van der Waals surface area contributed by atoms with Gasteiger partial charge in [0.15, 0.2) is 0 Å². The predicted molar refractivity (Wildman–Crippen MR) is 35.7 cm³/mol. The van der Waals surface area contributed by atoms with Crippen molar-refractivity contribution in [2.75, 3.05) is 0 Å². The Kier molecular flexibility index (Phi) is 1.34. The van der Waals surface area contributed by atoms with Crippen molar-refractivity contribution in [2.24, 2.45) is 5.18 Å². The second kappa shape index (κ2) is 2.01. The van der Waals surface area contributed by atoms with Gasteiger partial charge < -0.3 is 4.98 Å². The molecule has 48 valence electrons. The molecule has 1 aromatic rings. The molecular weight excluding hydrogens is 116 g/mol. The molecule has 3 nitrogen and oxygen atoms in total. The van der Waals surface area contributed by atoms with E-state index in [-0.39, 0.29) is 0 Å². The molecule has 1 N–H and O–H groups in total. The van der Waals surface area contributed by atoms with E-state index in [1.165, 1.54) is 0 Å². The summed E-state index contributed by atoms with van der Waals surface area (Å²) in [6, 6.07) is 1.72. The van der Waals surface area contributed by atoms with Crippen molar-refractivity contribution < 1.29 is 0 Å². The van der Waals surface area contributed by atoms with Crippen LogP contribution in [0.25, 0.3) is 0 Å². The molecule has 0 aromatic carbocycles. The first-order chi connectivity index (χ1) is 4.24. The lowest BCUT2D eigenvalue weighted by atomic mass is 10.4. The van der Waals surface area contributed by atoms with Crippen molar-refractivity contribution in [3.8, 4) is 0 Å². The molecule has 0 bridgehead atoms. The topological polar surface area (TPSA) is 45.2 Å². The Balaban J connectivity index is 3.15. The lowest BCUT2D eigenvalue weighted by Gasteiger charge is -1.80. The molecule has 0 atom stereocenters. The summed E-state index contributed by atoms with van der Waals surface area (Å²) in [5, 5.41) is 2.81. The first kappa shape index (κ1) is 6.01. The minimum absolute atomic E-state index is 0.507. The molecule has 0 amide bonds. The van der Waals surface area contributed by atoms with E-state index in [4.69, 9.17) is 0 Å². The molecule has 0 aliphatic carbocycles. The first-order valence-electron chi connectivity index (χ1n) is 2.73. The zero-order valence-corrected chi connectivity index (χ0v) is 5.43. The third-order valence-corrected chi connectivity index (χ3v) is 1.22. The molecule has 1 aromatic heterocycles. The summed E-state index contributed by atoms with van der Waals surface area (Å²) >= 11 is 0. The van der Waals surface area contributed by atoms with Crippen molar-refractivity contribution in [2.45, 2.75) is 13.8 Å². The molecular formula is C6H8N2O. The van der Waals surface area contributed by atoms with Crippen molar-refractivity contribution in [1.82, 2.24) is 4.98 Å². The number of aromatic amines is 1. The Morgan fingerprint density at radius 2 is 2.22 bits per heavy atom. The SMILES string of the molecule is Cc1cc(N=O)c(C)[nH]1. The van der Waals surface area contributed by atoms with Gasteiger partial charge in [-0.3, -0.25) is 0 Å². The third kappa shape index (κ3) is 0.988. The second-order valence-electron chi connectivity index (χ2n) is 2.05. The smallest absolute Gasteiger partial charge is 0.128 e. The number of nitroso groups, excluding NO2 is 1. The van der Waals surface area contributed by atoms with Crippen LogP contribution in [0.5, 0.6) is 0 Å². The number of hydrogen-bond acceptors (Lipinski definition) is 2. The number of rotatable bonds is 1. The van der Waals surface area contributed by atoms with E-state index in [0.29, 0.717) is 5.69 Å². The number of H-pyrrole nitrogens is 1. The zero-order chi connectivity index (χ0) is 6.85. The number of nitrogens with zero attached hydrogens (tertiary/aromatic N) is 1. The molecule has 3 heteroatoms. The number of hydrogen-bond donors (Lipinski definition) is 1. The number of nitrogens with one attached hydrogen (secondary N) is 1. The molecule has 0 aliphatic rings. The van der Waals surface area contributed by atoms with Crippen LogP contribution in [0.4, 0.5) is 5.69 Å². The Bertz CT molecular complexity index is 227. The molecule has 0 spiro atoms. The fraction of sp³-hybridized carbons (Fsp3) is 0.333. The highest BCUT2D eigenvalue weighted by atomic mass is 16.3. The maximum absolute atomic E-state index is 9.97. The minimum Gasteiger partial charge on any atom is -0.361 e. The quantitative estimate of drug-likeness (QED) is 0.572.